The molecule has 4 heterocycles. The van der Waals surface area contributed by atoms with Crippen LogP contribution in [0.2, 0.25) is 0 Å². The molecule has 6 rings (SSSR count). The van der Waals surface area contributed by atoms with Gasteiger partial charge in [0.05, 0.1) is 18.3 Å². The normalized spacial score (nSPS) is 21.1. The number of urea groups is 1. The summed E-state index contributed by atoms with van der Waals surface area (Å²) in [5, 5.41) is 4.72. The van der Waals surface area contributed by atoms with Gasteiger partial charge in [-0.3, -0.25) is 0 Å². The van der Waals surface area contributed by atoms with E-state index in [1.54, 1.807) is 0 Å². The minimum absolute atomic E-state index is 0.0734. The molecule has 2 amide bonds. The summed E-state index contributed by atoms with van der Waals surface area (Å²) < 4.78 is 2.35. The molecule has 1 aromatic carbocycles. The van der Waals surface area contributed by atoms with E-state index in [4.69, 9.17) is 0 Å². The van der Waals surface area contributed by atoms with Gasteiger partial charge >= 0.3 is 6.03 Å². The van der Waals surface area contributed by atoms with Crippen molar-refractivity contribution in [1.82, 2.24) is 19.7 Å². The van der Waals surface area contributed by atoms with Crippen molar-refractivity contribution in [1.29, 1.82) is 0 Å². The monoisotopic (exact) mass is 460 g/mol. The molecule has 172 valence electrons. The van der Waals surface area contributed by atoms with E-state index in [2.05, 4.69) is 75.4 Å². The lowest BCUT2D eigenvalue weighted by Gasteiger charge is -2.34. The van der Waals surface area contributed by atoms with Crippen LogP contribution in [0.5, 0.6) is 0 Å². The van der Waals surface area contributed by atoms with Gasteiger partial charge in [0.25, 0.3) is 0 Å². The number of rotatable bonds is 2. The number of likely N-dealkylation sites (N-methyl/N-ethyl adjacent to an activating group) is 1. The molecule has 1 saturated carbocycles. The van der Waals surface area contributed by atoms with Crippen molar-refractivity contribution < 1.29 is 4.79 Å². The van der Waals surface area contributed by atoms with Crippen LogP contribution in [0.3, 0.4) is 0 Å². The summed E-state index contributed by atoms with van der Waals surface area (Å²) in [6.45, 7) is 2.73. The fourth-order valence-corrected chi connectivity index (χ4v) is 7.28. The lowest BCUT2D eigenvalue weighted by Crippen LogP contribution is -2.46. The molecule has 5 nitrogen and oxygen atoms in total. The van der Waals surface area contributed by atoms with Crippen molar-refractivity contribution in [3.8, 4) is 5.00 Å². The topological polar surface area (TPSA) is 40.5 Å². The fourth-order valence-electron chi connectivity index (χ4n) is 5.84. The first-order chi connectivity index (χ1) is 16.2. The minimum atomic E-state index is -0.105. The molecule has 3 aromatic rings. The van der Waals surface area contributed by atoms with Crippen LogP contribution in [0.1, 0.15) is 65.4 Å². The summed E-state index contributed by atoms with van der Waals surface area (Å²) in [6.07, 6.45) is 9.14. The highest BCUT2D eigenvalue weighted by Gasteiger charge is 2.36. The molecule has 6 heteroatoms. The van der Waals surface area contributed by atoms with Gasteiger partial charge in [0, 0.05) is 35.8 Å². The molecule has 0 unspecified atom stereocenters. The third-order valence-corrected chi connectivity index (χ3v) is 8.82. The van der Waals surface area contributed by atoms with Crippen LogP contribution < -0.4 is 5.32 Å². The number of aromatic nitrogens is 1. The average molecular weight is 461 g/mol. The summed E-state index contributed by atoms with van der Waals surface area (Å²) in [5.41, 5.74) is 5.15. The highest BCUT2D eigenvalue weighted by Crippen LogP contribution is 2.43. The predicted octanol–water partition coefficient (Wildman–Crippen LogP) is 5.47. The summed E-state index contributed by atoms with van der Waals surface area (Å²) in [7, 11) is 2.20. The second-order valence-corrected chi connectivity index (χ2v) is 10.9. The van der Waals surface area contributed by atoms with Crippen molar-refractivity contribution in [2.75, 3.05) is 13.6 Å². The molecule has 2 aliphatic heterocycles. The van der Waals surface area contributed by atoms with Crippen molar-refractivity contribution in [3.63, 3.8) is 0 Å². The largest absolute Gasteiger partial charge is 0.335 e. The van der Waals surface area contributed by atoms with Gasteiger partial charge in [0.1, 0.15) is 5.00 Å². The Morgan fingerprint density at radius 2 is 1.82 bits per heavy atom. The molecular weight excluding hydrogens is 428 g/mol. The minimum Gasteiger partial charge on any atom is -0.335 e. The first kappa shape index (κ1) is 21.0. The van der Waals surface area contributed by atoms with Crippen molar-refractivity contribution >= 4 is 17.4 Å². The quantitative estimate of drug-likeness (QED) is 0.551. The number of nitrogens with zero attached hydrogens (tertiary/aromatic N) is 3. The number of benzene rings is 1. The molecular formula is C27H32N4OS. The molecule has 1 aliphatic carbocycles. The summed E-state index contributed by atoms with van der Waals surface area (Å²) in [5.74, 6) is 0. The SMILES string of the molecule is CN1CCc2c(sc3c2CN(C(=O)NC2CCCCC2)[C@H](c2ccccc2)c2cccn2-3)C1. The van der Waals surface area contributed by atoms with Crippen LogP contribution in [0.25, 0.3) is 5.00 Å². The zero-order chi connectivity index (χ0) is 22.4. The van der Waals surface area contributed by atoms with E-state index in [9.17, 15) is 4.79 Å². The Labute approximate surface area is 200 Å². The van der Waals surface area contributed by atoms with Crippen LogP contribution in [-0.2, 0) is 19.5 Å². The number of thiophene rings is 1. The van der Waals surface area contributed by atoms with E-state index in [0.29, 0.717) is 12.6 Å². The van der Waals surface area contributed by atoms with Crippen molar-refractivity contribution in [2.24, 2.45) is 0 Å². The van der Waals surface area contributed by atoms with E-state index >= 15 is 0 Å². The number of hydrogen-bond donors (Lipinski definition) is 1. The molecule has 0 bridgehead atoms. The Balaban J connectivity index is 1.46. The Morgan fingerprint density at radius 1 is 1.00 bits per heavy atom. The van der Waals surface area contributed by atoms with Crippen LogP contribution in [0.15, 0.2) is 48.7 Å². The second-order valence-electron chi connectivity index (χ2n) is 9.80. The van der Waals surface area contributed by atoms with Gasteiger partial charge in [-0.15, -0.1) is 11.3 Å². The molecule has 1 N–H and O–H groups in total. The van der Waals surface area contributed by atoms with Crippen molar-refractivity contribution in [2.45, 2.75) is 63.7 Å². The number of carbonyl (C=O) groups is 1. The standard InChI is InChI=1S/C27H32N4OS/c1-29-16-14-21-22-17-31(27(32)28-20-11-6-3-7-12-20)25(19-9-4-2-5-10-19)23-13-8-15-30(23)26(22)33-24(21)18-29/h2,4-5,8-10,13,15,20,25H,3,6-7,11-12,14,16-18H2,1H3,(H,28,32)/t25-/m1/s1. The van der Waals surface area contributed by atoms with Gasteiger partial charge in [-0.25, -0.2) is 4.79 Å². The summed E-state index contributed by atoms with van der Waals surface area (Å²) in [6, 6.07) is 15.1. The first-order valence-corrected chi connectivity index (χ1v) is 13.1. The Bertz CT molecular complexity index is 1140. The van der Waals surface area contributed by atoms with E-state index in [-0.39, 0.29) is 12.1 Å². The van der Waals surface area contributed by atoms with Gasteiger partial charge < -0.3 is 19.7 Å². The number of fused-ring (bicyclic) bond motifs is 5. The Morgan fingerprint density at radius 3 is 2.64 bits per heavy atom. The van der Waals surface area contributed by atoms with Gasteiger partial charge in [-0.1, -0.05) is 49.6 Å². The summed E-state index contributed by atoms with van der Waals surface area (Å²) in [4.78, 5) is 19.8. The van der Waals surface area contributed by atoms with E-state index in [1.165, 1.54) is 51.5 Å². The van der Waals surface area contributed by atoms with Crippen LogP contribution in [-0.4, -0.2) is 40.0 Å². The number of carbonyl (C=O) groups excluding carboxylic acids is 1. The van der Waals surface area contributed by atoms with E-state index < -0.39 is 0 Å². The predicted molar refractivity (Wildman–Crippen MR) is 133 cm³/mol. The lowest BCUT2D eigenvalue weighted by atomic mass is 9.95. The highest BCUT2D eigenvalue weighted by molar-refractivity contribution is 7.15. The molecule has 0 spiro atoms. The molecule has 1 fully saturated rings. The van der Waals surface area contributed by atoms with Gasteiger partial charge in [-0.05, 0) is 49.6 Å². The highest BCUT2D eigenvalue weighted by atomic mass is 32.1. The molecule has 1 atom stereocenters. The zero-order valence-electron chi connectivity index (χ0n) is 19.3. The molecule has 2 aromatic heterocycles. The van der Waals surface area contributed by atoms with Crippen LogP contribution in [0, 0.1) is 0 Å². The van der Waals surface area contributed by atoms with Gasteiger partial charge in [0.15, 0.2) is 0 Å². The third-order valence-electron chi connectivity index (χ3n) is 7.56. The number of amides is 2. The third kappa shape index (κ3) is 3.79. The van der Waals surface area contributed by atoms with E-state index in [0.717, 1.165) is 32.4 Å². The first-order valence-electron chi connectivity index (χ1n) is 12.3. The fraction of sp³-hybridized carbons (Fsp3) is 0.444. The van der Waals surface area contributed by atoms with Gasteiger partial charge in [-0.2, -0.15) is 0 Å². The number of hydrogen-bond acceptors (Lipinski definition) is 3. The molecule has 0 radical (unpaired) electrons. The summed E-state index contributed by atoms with van der Waals surface area (Å²) >= 11 is 1.91. The Hall–Kier alpha value is -2.57. The second kappa shape index (κ2) is 8.65. The Kier molecular flexibility index (Phi) is 5.51. The molecule has 33 heavy (non-hydrogen) atoms. The smallest absolute Gasteiger partial charge is 0.318 e. The average Bonchev–Trinajstić information content (AvgIpc) is 3.41. The molecule has 0 saturated heterocycles. The van der Waals surface area contributed by atoms with Gasteiger partial charge in [0.2, 0.25) is 0 Å². The lowest BCUT2D eigenvalue weighted by molar-refractivity contribution is 0.173. The zero-order valence-corrected chi connectivity index (χ0v) is 20.1. The van der Waals surface area contributed by atoms with Crippen LogP contribution in [0.4, 0.5) is 4.79 Å². The van der Waals surface area contributed by atoms with E-state index in [1.807, 2.05) is 11.3 Å². The maximum Gasteiger partial charge on any atom is 0.318 e. The number of nitrogens with one attached hydrogen (secondary N) is 1. The van der Waals surface area contributed by atoms with Crippen LogP contribution >= 0.6 is 11.3 Å². The maximum atomic E-state index is 13.9. The molecule has 3 aliphatic rings. The maximum absolute atomic E-state index is 13.9. The van der Waals surface area contributed by atoms with Crippen molar-refractivity contribution in [3.05, 3.63) is 75.9 Å².